The second kappa shape index (κ2) is 6.82. The van der Waals surface area contributed by atoms with Crippen LogP contribution >= 0.6 is 11.6 Å². The van der Waals surface area contributed by atoms with Gasteiger partial charge in [0.1, 0.15) is 0 Å². The highest BCUT2D eigenvalue weighted by atomic mass is 35.5. The van der Waals surface area contributed by atoms with Crippen LogP contribution in [0.2, 0.25) is 5.15 Å². The third kappa shape index (κ3) is 3.89. The number of Topliss-reactive ketones (excluding diaryl/α,β-unsaturated/α-hetero) is 1. The Morgan fingerprint density at radius 3 is 2.45 bits per heavy atom. The monoisotopic (exact) mass is 317 g/mol. The minimum absolute atomic E-state index is 0.0854. The number of aromatic nitrogens is 1. The molecule has 0 saturated carbocycles. The summed E-state index contributed by atoms with van der Waals surface area (Å²) in [6.07, 6.45) is 1.46. The molecule has 2 aromatic rings. The lowest BCUT2D eigenvalue weighted by Gasteiger charge is -2.08. The maximum absolute atomic E-state index is 11.8. The van der Waals surface area contributed by atoms with Gasteiger partial charge in [-0.15, -0.1) is 0 Å². The van der Waals surface area contributed by atoms with E-state index in [9.17, 15) is 14.4 Å². The summed E-state index contributed by atoms with van der Waals surface area (Å²) in [5.41, 5.74) is 1.03. The van der Waals surface area contributed by atoms with Gasteiger partial charge in [0.15, 0.2) is 10.9 Å². The molecule has 0 fully saturated rings. The Morgan fingerprint density at radius 1 is 1.05 bits per heavy atom. The lowest BCUT2D eigenvalue weighted by molar-refractivity contribution is -0.133. The number of halogens is 1. The SMILES string of the molecule is CC(=O)c1cccc(NC(=O)C(=O)Nc2cccnc2Cl)c1. The molecular formula is C15H12ClN3O3. The van der Waals surface area contributed by atoms with Crippen LogP contribution in [0.1, 0.15) is 17.3 Å². The fraction of sp³-hybridized carbons (Fsp3) is 0.0667. The Bertz CT molecular complexity index is 746. The zero-order valence-electron chi connectivity index (χ0n) is 11.6. The van der Waals surface area contributed by atoms with Crippen molar-refractivity contribution >= 4 is 40.6 Å². The van der Waals surface area contributed by atoms with Gasteiger partial charge in [-0.2, -0.15) is 0 Å². The lowest BCUT2D eigenvalue weighted by Crippen LogP contribution is -2.29. The summed E-state index contributed by atoms with van der Waals surface area (Å²) in [6, 6.07) is 9.40. The number of anilines is 2. The summed E-state index contributed by atoms with van der Waals surface area (Å²) in [6.45, 7) is 1.41. The number of nitrogens with one attached hydrogen (secondary N) is 2. The van der Waals surface area contributed by atoms with Crippen LogP contribution < -0.4 is 10.6 Å². The van der Waals surface area contributed by atoms with E-state index in [1.807, 2.05) is 0 Å². The largest absolute Gasteiger partial charge is 0.318 e. The zero-order valence-corrected chi connectivity index (χ0v) is 12.3. The van der Waals surface area contributed by atoms with Crippen molar-refractivity contribution < 1.29 is 14.4 Å². The average molecular weight is 318 g/mol. The molecule has 0 radical (unpaired) electrons. The van der Waals surface area contributed by atoms with Gasteiger partial charge >= 0.3 is 11.8 Å². The van der Waals surface area contributed by atoms with E-state index in [0.29, 0.717) is 11.3 Å². The van der Waals surface area contributed by atoms with Crippen molar-refractivity contribution in [2.75, 3.05) is 10.6 Å². The van der Waals surface area contributed by atoms with E-state index in [2.05, 4.69) is 15.6 Å². The minimum atomic E-state index is -0.886. The maximum Gasteiger partial charge on any atom is 0.314 e. The molecule has 22 heavy (non-hydrogen) atoms. The first-order chi connectivity index (χ1) is 10.5. The van der Waals surface area contributed by atoms with E-state index in [0.717, 1.165) is 0 Å². The predicted octanol–water partition coefficient (Wildman–Crippen LogP) is 2.51. The molecule has 6 nitrogen and oxygen atoms in total. The van der Waals surface area contributed by atoms with E-state index < -0.39 is 11.8 Å². The molecule has 2 N–H and O–H groups in total. The fourth-order valence-electron chi connectivity index (χ4n) is 1.66. The second-order valence-electron chi connectivity index (χ2n) is 4.39. The molecule has 0 unspecified atom stereocenters. The molecule has 0 atom stereocenters. The molecule has 0 aliphatic heterocycles. The normalized spacial score (nSPS) is 9.91. The molecule has 0 aliphatic rings. The first-order valence-electron chi connectivity index (χ1n) is 6.31. The van der Waals surface area contributed by atoms with Crippen LogP contribution in [-0.2, 0) is 9.59 Å². The Morgan fingerprint density at radius 2 is 1.77 bits per heavy atom. The number of hydrogen-bond donors (Lipinski definition) is 2. The van der Waals surface area contributed by atoms with Gasteiger partial charge in [0, 0.05) is 17.4 Å². The highest BCUT2D eigenvalue weighted by molar-refractivity contribution is 6.44. The number of ketones is 1. The van der Waals surface area contributed by atoms with Gasteiger partial charge < -0.3 is 10.6 Å². The lowest BCUT2D eigenvalue weighted by atomic mass is 10.1. The molecule has 0 aliphatic carbocycles. The minimum Gasteiger partial charge on any atom is -0.318 e. The predicted molar refractivity (Wildman–Crippen MR) is 83.0 cm³/mol. The summed E-state index contributed by atoms with van der Waals surface area (Å²) in [5, 5.41) is 4.85. The van der Waals surface area contributed by atoms with Crippen LogP contribution in [0.3, 0.4) is 0 Å². The van der Waals surface area contributed by atoms with Crippen molar-refractivity contribution in [1.29, 1.82) is 0 Å². The van der Waals surface area contributed by atoms with E-state index in [-0.39, 0.29) is 16.6 Å². The molecule has 1 aromatic carbocycles. The van der Waals surface area contributed by atoms with Crippen LogP contribution in [0.5, 0.6) is 0 Å². The third-order valence-electron chi connectivity index (χ3n) is 2.74. The van der Waals surface area contributed by atoms with Crippen molar-refractivity contribution in [2.24, 2.45) is 0 Å². The van der Waals surface area contributed by atoms with Crippen molar-refractivity contribution in [3.05, 3.63) is 53.3 Å². The highest BCUT2D eigenvalue weighted by Crippen LogP contribution is 2.17. The quantitative estimate of drug-likeness (QED) is 0.517. The van der Waals surface area contributed by atoms with Gasteiger partial charge in [-0.1, -0.05) is 23.7 Å². The molecule has 0 bridgehead atoms. The van der Waals surface area contributed by atoms with Crippen LogP contribution in [0.25, 0.3) is 0 Å². The number of carbonyl (C=O) groups is 3. The first kappa shape index (κ1) is 15.7. The van der Waals surface area contributed by atoms with E-state index in [1.54, 1.807) is 24.3 Å². The van der Waals surface area contributed by atoms with E-state index in [1.165, 1.54) is 25.3 Å². The van der Waals surface area contributed by atoms with Crippen molar-refractivity contribution in [3.63, 3.8) is 0 Å². The van der Waals surface area contributed by atoms with Crippen LogP contribution in [-0.4, -0.2) is 22.6 Å². The van der Waals surface area contributed by atoms with Gasteiger partial charge in [0.2, 0.25) is 0 Å². The van der Waals surface area contributed by atoms with Crippen LogP contribution in [0, 0.1) is 0 Å². The number of carbonyl (C=O) groups excluding carboxylic acids is 3. The summed E-state index contributed by atoms with van der Waals surface area (Å²) in [7, 11) is 0. The van der Waals surface area contributed by atoms with E-state index in [4.69, 9.17) is 11.6 Å². The van der Waals surface area contributed by atoms with Crippen molar-refractivity contribution in [1.82, 2.24) is 4.98 Å². The molecular weight excluding hydrogens is 306 g/mol. The average Bonchev–Trinajstić information content (AvgIpc) is 2.49. The van der Waals surface area contributed by atoms with Crippen molar-refractivity contribution in [2.45, 2.75) is 6.92 Å². The smallest absolute Gasteiger partial charge is 0.314 e. The molecule has 0 spiro atoms. The maximum atomic E-state index is 11.8. The highest BCUT2D eigenvalue weighted by Gasteiger charge is 2.16. The summed E-state index contributed by atoms with van der Waals surface area (Å²) >= 11 is 5.79. The van der Waals surface area contributed by atoms with E-state index >= 15 is 0 Å². The van der Waals surface area contributed by atoms with Gasteiger partial charge in [-0.3, -0.25) is 14.4 Å². The standard InChI is InChI=1S/C15H12ClN3O3/c1-9(20)10-4-2-5-11(8-10)18-14(21)15(22)19-12-6-3-7-17-13(12)16/h2-8H,1H3,(H,18,21)(H,19,22). The summed E-state index contributed by atoms with van der Waals surface area (Å²) < 4.78 is 0. The summed E-state index contributed by atoms with van der Waals surface area (Å²) in [5.74, 6) is -1.90. The molecule has 112 valence electrons. The third-order valence-corrected chi connectivity index (χ3v) is 3.04. The van der Waals surface area contributed by atoms with Gasteiger partial charge in [-0.25, -0.2) is 4.98 Å². The molecule has 0 saturated heterocycles. The van der Waals surface area contributed by atoms with Gasteiger partial charge in [-0.05, 0) is 31.2 Å². The Kier molecular flexibility index (Phi) is 4.85. The topological polar surface area (TPSA) is 88.2 Å². The Balaban J connectivity index is 2.06. The fourth-order valence-corrected chi connectivity index (χ4v) is 1.83. The van der Waals surface area contributed by atoms with Gasteiger partial charge in [0.25, 0.3) is 0 Å². The van der Waals surface area contributed by atoms with Gasteiger partial charge in [0.05, 0.1) is 5.69 Å². The molecule has 1 heterocycles. The number of rotatable bonds is 3. The summed E-state index contributed by atoms with van der Waals surface area (Å²) in [4.78, 5) is 38.7. The molecule has 7 heteroatoms. The Labute approximate surface area is 131 Å². The van der Waals surface area contributed by atoms with Crippen LogP contribution in [0.4, 0.5) is 11.4 Å². The molecule has 2 rings (SSSR count). The first-order valence-corrected chi connectivity index (χ1v) is 6.69. The number of amides is 2. The zero-order chi connectivity index (χ0) is 16.1. The number of nitrogens with zero attached hydrogens (tertiary/aromatic N) is 1. The number of pyridine rings is 1. The number of hydrogen-bond acceptors (Lipinski definition) is 4. The molecule has 1 aromatic heterocycles. The van der Waals surface area contributed by atoms with Crippen molar-refractivity contribution in [3.8, 4) is 0 Å². The molecule has 2 amide bonds. The Hall–Kier alpha value is -2.73. The second-order valence-corrected chi connectivity index (χ2v) is 4.75. The number of benzene rings is 1. The van der Waals surface area contributed by atoms with Crippen LogP contribution in [0.15, 0.2) is 42.6 Å².